The first kappa shape index (κ1) is 14.5. The topological polar surface area (TPSA) is 51.2 Å². The zero-order valence-corrected chi connectivity index (χ0v) is 12.8. The fourth-order valence-electron chi connectivity index (χ4n) is 1.59. The van der Waals surface area contributed by atoms with E-state index >= 15 is 0 Å². The van der Waals surface area contributed by atoms with Crippen LogP contribution in [0.2, 0.25) is 0 Å². The third-order valence-electron chi connectivity index (χ3n) is 2.44. The van der Waals surface area contributed by atoms with Crippen LogP contribution in [0.5, 0.6) is 5.75 Å². The van der Waals surface area contributed by atoms with E-state index in [1.165, 1.54) is 0 Å². The summed E-state index contributed by atoms with van der Waals surface area (Å²) in [6.07, 6.45) is 1.72. The smallest absolute Gasteiger partial charge is 0.274 e. The zero-order valence-electron chi connectivity index (χ0n) is 11.3. The molecule has 20 heavy (non-hydrogen) atoms. The first-order chi connectivity index (χ1) is 9.54. The molecule has 1 heterocycles. The van der Waals surface area contributed by atoms with Crippen LogP contribution in [0, 0.1) is 0 Å². The summed E-state index contributed by atoms with van der Waals surface area (Å²) in [5, 5.41) is 2.79. The quantitative estimate of drug-likeness (QED) is 0.922. The second-order valence-corrected chi connectivity index (χ2v) is 5.42. The number of nitrogens with one attached hydrogen (secondary N) is 1. The number of hydrogen-bond donors (Lipinski definition) is 1. The van der Waals surface area contributed by atoms with Gasteiger partial charge in [-0.15, -0.1) is 0 Å². The maximum absolute atomic E-state index is 12.0. The molecule has 0 saturated heterocycles. The summed E-state index contributed by atoms with van der Waals surface area (Å²) < 4.78 is 6.38. The number of carbonyl (C=O) groups excluding carboxylic acids is 1. The molecule has 0 aliphatic carbocycles. The number of anilines is 1. The van der Waals surface area contributed by atoms with Crippen LogP contribution >= 0.6 is 15.9 Å². The SMILES string of the molecule is CC(C)Oc1ccc(NC(=O)c2ccc(Br)cn2)cc1. The van der Waals surface area contributed by atoms with Gasteiger partial charge < -0.3 is 10.1 Å². The third-order valence-corrected chi connectivity index (χ3v) is 2.91. The van der Waals surface area contributed by atoms with E-state index in [0.29, 0.717) is 11.4 Å². The van der Waals surface area contributed by atoms with Crippen molar-refractivity contribution in [2.75, 3.05) is 5.32 Å². The minimum Gasteiger partial charge on any atom is -0.491 e. The number of rotatable bonds is 4. The molecular weight excluding hydrogens is 320 g/mol. The highest BCUT2D eigenvalue weighted by Crippen LogP contribution is 2.17. The van der Waals surface area contributed by atoms with Crippen LogP contribution < -0.4 is 10.1 Å². The summed E-state index contributed by atoms with van der Waals surface area (Å²) >= 11 is 3.28. The van der Waals surface area contributed by atoms with Crippen molar-refractivity contribution < 1.29 is 9.53 Å². The largest absolute Gasteiger partial charge is 0.491 e. The fourth-order valence-corrected chi connectivity index (χ4v) is 1.83. The number of hydrogen-bond acceptors (Lipinski definition) is 3. The molecule has 1 aromatic carbocycles. The molecule has 4 nitrogen and oxygen atoms in total. The lowest BCUT2D eigenvalue weighted by Crippen LogP contribution is -2.13. The van der Waals surface area contributed by atoms with Gasteiger partial charge in [0.25, 0.3) is 5.91 Å². The van der Waals surface area contributed by atoms with Gasteiger partial charge >= 0.3 is 0 Å². The second-order valence-electron chi connectivity index (χ2n) is 4.51. The highest BCUT2D eigenvalue weighted by molar-refractivity contribution is 9.10. The van der Waals surface area contributed by atoms with Gasteiger partial charge in [-0.3, -0.25) is 4.79 Å². The van der Waals surface area contributed by atoms with Crippen molar-refractivity contribution in [1.29, 1.82) is 0 Å². The van der Waals surface area contributed by atoms with Crippen LogP contribution in [0.15, 0.2) is 47.1 Å². The Morgan fingerprint density at radius 1 is 1.20 bits per heavy atom. The van der Waals surface area contributed by atoms with Crippen molar-refractivity contribution in [2.45, 2.75) is 20.0 Å². The Hall–Kier alpha value is -1.88. The second kappa shape index (κ2) is 6.52. The molecule has 0 unspecified atom stereocenters. The lowest BCUT2D eigenvalue weighted by atomic mass is 10.2. The molecule has 1 N–H and O–H groups in total. The van der Waals surface area contributed by atoms with Gasteiger partial charge in [0.1, 0.15) is 11.4 Å². The number of benzene rings is 1. The Morgan fingerprint density at radius 2 is 1.90 bits per heavy atom. The molecule has 0 aliphatic heterocycles. The van der Waals surface area contributed by atoms with E-state index in [1.807, 2.05) is 26.0 Å². The molecule has 0 spiro atoms. The Balaban J connectivity index is 2.02. The molecule has 0 aliphatic rings. The summed E-state index contributed by atoms with van der Waals surface area (Å²) in [6, 6.07) is 10.7. The van der Waals surface area contributed by atoms with Crippen molar-refractivity contribution >= 4 is 27.5 Å². The average molecular weight is 335 g/mol. The minimum absolute atomic E-state index is 0.127. The normalized spacial score (nSPS) is 10.4. The van der Waals surface area contributed by atoms with Gasteiger partial charge in [0, 0.05) is 16.4 Å². The van der Waals surface area contributed by atoms with Crippen molar-refractivity contribution in [3.8, 4) is 5.75 Å². The molecule has 5 heteroatoms. The Bertz CT molecular complexity index is 580. The number of ether oxygens (including phenoxy) is 1. The molecule has 2 rings (SSSR count). The van der Waals surface area contributed by atoms with E-state index in [0.717, 1.165) is 10.2 Å². The van der Waals surface area contributed by atoms with E-state index in [9.17, 15) is 4.79 Å². The van der Waals surface area contributed by atoms with Gasteiger partial charge in [-0.1, -0.05) is 0 Å². The van der Waals surface area contributed by atoms with Gasteiger partial charge in [0.15, 0.2) is 0 Å². The number of halogens is 1. The molecule has 0 bridgehead atoms. The minimum atomic E-state index is -0.241. The van der Waals surface area contributed by atoms with E-state index in [1.54, 1.807) is 30.5 Å². The molecular formula is C15H15BrN2O2. The van der Waals surface area contributed by atoms with Crippen molar-refractivity contribution in [1.82, 2.24) is 4.98 Å². The summed E-state index contributed by atoms with van der Waals surface area (Å²) in [5.41, 5.74) is 1.08. The number of aromatic nitrogens is 1. The number of pyridine rings is 1. The molecule has 0 atom stereocenters. The highest BCUT2D eigenvalue weighted by Gasteiger charge is 2.07. The predicted molar refractivity (Wildman–Crippen MR) is 82.1 cm³/mol. The van der Waals surface area contributed by atoms with Crippen molar-refractivity contribution in [3.05, 3.63) is 52.8 Å². The van der Waals surface area contributed by atoms with E-state index in [2.05, 4.69) is 26.2 Å². The summed E-state index contributed by atoms with van der Waals surface area (Å²) in [7, 11) is 0. The van der Waals surface area contributed by atoms with Crippen molar-refractivity contribution in [2.24, 2.45) is 0 Å². The Labute approximate surface area is 126 Å². The molecule has 1 aromatic heterocycles. The van der Waals surface area contributed by atoms with Crippen LogP contribution in [0.1, 0.15) is 24.3 Å². The highest BCUT2D eigenvalue weighted by atomic mass is 79.9. The summed E-state index contributed by atoms with van der Waals surface area (Å²) in [6.45, 7) is 3.93. The van der Waals surface area contributed by atoms with Gasteiger partial charge in [0.2, 0.25) is 0 Å². The molecule has 104 valence electrons. The molecule has 0 saturated carbocycles. The Morgan fingerprint density at radius 3 is 2.45 bits per heavy atom. The molecule has 0 fully saturated rings. The summed E-state index contributed by atoms with van der Waals surface area (Å²) in [4.78, 5) is 16.0. The number of nitrogens with zero attached hydrogens (tertiary/aromatic N) is 1. The standard InChI is InChI=1S/C15H15BrN2O2/c1-10(2)20-13-6-4-12(5-7-13)18-15(19)14-8-3-11(16)9-17-14/h3-10H,1-2H3,(H,18,19). The monoisotopic (exact) mass is 334 g/mol. The maximum Gasteiger partial charge on any atom is 0.274 e. The van der Waals surface area contributed by atoms with E-state index in [4.69, 9.17) is 4.74 Å². The van der Waals surface area contributed by atoms with Crippen LogP contribution in [0.4, 0.5) is 5.69 Å². The van der Waals surface area contributed by atoms with E-state index in [-0.39, 0.29) is 12.0 Å². The summed E-state index contributed by atoms with van der Waals surface area (Å²) in [5.74, 6) is 0.537. The molecule has 0 radical (unpaired) electrons. The number of carbonyl (C=O) groups is 1. The first-order valence-electron chi connectivity index (χ1n) is 6.24. The molecule has 1 amide bonds. The van der Waals surface area contributed by atoms with Gasteiger partial charge in [-0.2, -0.15) is 0 Å². The van der Waals surface area contributed by atoms with Crippen LogP contribution in [-0.2, 0) is 0 Å². The van der Waals surface area contributed by atoms with Gasteiger partial charge in [0.05, 0.1) is 6.10 Å². The van der Waals surface area contributed by atoms with Crippen LogP contribution in [0.25, 0.3) is 0 Å². The first-order valence-corrected chi connectivity index (χ1v) is 7.03. The lowest BCUT2D eigenvalue weighted by Gasteiger charge is -2.10. The van der Waals surface area contributed by atoms with Crippen LogP contribution in [0.3, 0.4) is 0 Å². The van der Waals surface area contributed by atoms with E-state index < -0.39 is 0 Å². The lowest BCUT2D eigenvalue weighted by molar-refractivity contribution is 0.102. The number of amides is 1. The average Bonchev–Trinajstić information content (AvgIpc) is 2.41. The molecule has 2 aromatic rings. The predicted octanol–water partition coefficient (Wildman–Crippen LogP) is 3.88. The van der Waals surface area contributed by atoms with Gasteiger partial charge in [-0.25, -0.2) is 4.98 Å². The maximum atomic E-state index is 12.0. The van der Waals surface area contributed by atoms with Gasteiger partial charge in [-0.05, 0) is 66.2 Å². The fraction of sp³-hybridized carbons (Fsp3) is 0.200. The third kappa shape index (κ3) is 4.06. The zero-order chi connectivity index (χ0) is 14.5. The van der Waals surface area contributed by atoms with Crippen molar-refractivity contribution in [3.63, 3.8) is 0 Å². The van der Waals surface area contributed by atoms with Crippen LogP contribution in [-0.4, -0.2) is 17.0 Å². The Kier molecular flexibility index (Phi) is 4.74.